The molecule has 0 aromatic heterocycles. The fraction of sp³-hybridized carbons (Fsp3) is 0.257. The van der Waals surface area contributed by atoms with Crippen LogP contribution in [0.15, 0.2) is 114 Å². The van der Waals surface area contributed by atoms with Gasteiger partial charge in [0.15, 0.2) is 0 Å². The zero-order chi connectivity index (χ0) is 31.9. The van der Waals surface area contributed by atoms with E-state index < -0.39 is 39.9 Å². The lowest BCUT2D eigenvalue weighted by Gasteiger charge is -2.35. The van der Waals surface area contributed by atoms with Gasteiger partial charge in [-0.25, -0.2) is 12.8 Å². The predicted molar refractivity (Wildman–Crippen MR) is 171 cm³/mol. The number of aryl methyl sites for hydroxylation is 1. The van der Waals surface area contributed by atoms with E-state index in [9.17, 15) is 22.4 Å². The maximum Gasteiger partial charge on any atom is 0.264 e. The fourth-order valence-corrected chi connectivity index (χ4v) is 6.17. The third-order valence-electron chi connectivity index (χ3n) is 6.97. The Balaban J connectivity index is 1.80. The molecule has 9 heteroatoms. The summed E-state index contributed by atoms with van der Waals surface area (Å²) in [6.07, 6.45) is 0.219. The minimum atomic E-state index is -4.30. The molecule has 0 aliphatic rings. The molecule has 1 N–H and O–H groups in total. The van der Waals surface area contributed by atoms with Crippen molar-refractivity contribution in [3.8, 4) is 0 Å². The molecule has 0 bridgehead atoms. The van der Waals surface area contributed by atoms with E-state index in [1.165, 1.54) is 17.0 Å². The van der Waals surface area contributed by atoms with E-state index in [0.717, 1.165) is 33.1 Å². The van der Waals surface area contributed by atoms with Gasteiger partial charge in [-0.1, -0.05) is 78.4 Å². The number of amides is 2. The molecular formula is C35H38FN3O4S. The molecule has 7 nitrogen and oxygen atoms in total. The first-order valence-corrected chi connectivity index (χ1v) is 15.8. The first-order chi connectivity index (χ1) is 20.8. The molecule has 0 fully saturated rings. The molecule has 4 rings (SSSR count). The van der Waals surface area contributed by atoms with Crippen LogP contribution in [0.5, 0.6) is 0 Å². The number of halogens is 1. The van der Waals surface area contributed by atoms with Crippen molar-refractivity contribution in [2.75, 3.05) is 10.8 Å². The maximum absolute atomic E-state index is 14.4. The molecule has 0 aliphatic carbocycles. The van der Waals surface area contributed by atoms with Crippen LogP contribution in [0.4, 0.5) is 10.1 Å². The Hall–Kier alpha value is -4.50. The number of hydrogen-bond donors (Lipinski definition) is 1. The van der Waals surface area contributed by atoms with E-state index in [2.05, 4.69) is 5.32 Å². The number of hydrogen-bond acceptors (Lipinski definition) is 4. The Morgan fingerprint density at radius 3 is 1.89 bits per heavy atom. The summed E-state index contributed by atoms with van der Waals surface area (Å²) in [6, 6.07) is 28.9. The van der Waals surface area contributed by atoms with Crippen molar-refractivity contribution in [3.63, 3.8) is 0 Å². The van der Waals surface area contributed by atoms with Crippen LogP contribution in [0.25, 0.3) is 0 Å². The van der Waals surface area contributed by atoms with Crippen LogP contribution in [0.3, 0.4) is 0 Å². The number of anilines is 1. The van der Waals surface area contributed by atoms with Gasteiger partial charge in [-0.3, -0.25) is 13.9 Å². The van der Waals surface area contributed by atoms with E-state index in [1.807, 2.05) is 88.4 Å². The van der Waals surface area contributed by atoms with Crippen LogP contribution in [-0.2, 0) is 32.6 Å². The summed E-state index contributed by atoms with van der Waals surface area (Å²) in [7, 11) is -4.30. The highest BCUT2D eigenvalue weighted by atomic mass is 32.2. The van der Waals surface area contributed by atoms with Gasteiger partial charge in [-0.05, 0) is 75.2 Å². The molecule has 4 aromatic rings. The number of carbonyl (C=O) groups is 2. The minimum absolute atomic E-state index is 0.0765. The first kappa shape index (κ1) is 32.4. The van der Waals surface area contributed by atoms with Gasteiger partial charge in [-0.15, -0.1) is 0 Å². The van der Waals surface area contributed by atoms with Gasteiger partial charge in [-0.2, -0.15) is 0 Å². The quantitative estimate of drug-likeness (QED) is 0.228. The molecule has 0 spiro atoms. The molecule has 44 heavy (non-hydrogen) atoms. The molecule has 0 radical (unpaired) electrons. The molecule has 1 unspecified atom stereocenters. The van der Waals surface area contributed by atoms with Crippen LogP contribution in [-0.4, -0.2) is 43.3 Å². The van der Waals surface area contributed by atoms with Crippen LogP contribution in [0.1, 0.15) is 37.5 Å². The average Bonchev–Trinajstić information content (AvgIpc) is 2.98. The molecule has 0 aliphatic heterocycles. The van der Waals surface area contributed by atoms with Crippen molar-refractivity contribution < 1.29 is 22.4 Å². The largest absolute Gasteiger partial charge is 0.350 e. The zero-order valence-corrected chi connectivity index (χ0v) is 26.2. The lowest BCUT2D eigenvalue weighted by Crippen LogP contribution is -2.56. The maximum atomic E-state index is 14.4. The number of sulfonamides is 1. The summed E-state index contributed by atoms with van der Waals surface area (Å²) >= 11 is 0. The first-order valence-electron chi connectivity index (χ1n) is 14.4. The number of nitrogens with one attached hydrogen (secondary N) is 1. The Morgan fingerprint density at radius 2 is 1.34 bits per heavy atom. The standard InChI is InChI=1S/C35H38FN3O4S/c1-26-15-19-30(20-16-26)39(44(42,43)31-21-17-29(36)18-22-31)25-33(40)38(24-28-13-9-6-10-14-28)32(34(41)37-35(2,3)4)23-27-11-7-5-8-12-27/h5-22,32H,23-25H2,1-4H3,(H,37,41). The lowest BCUT2D eigenvalue weighted by atomic mass is 10.0. The summed E-state index contributed by atoms with van der Waals surface area (Å²) in [4.78, 5) is 29.6. The molecule has 2 amide bonds. The smallest absolute Gasteiger partial charge is 0.264 e. The Bertz CT molecular complexity index is 1660. The van der Waals surface area contributed by atoms with E-state index in [4.69, 9.17) is 0 Å². The van der Waals surface area contributed by atoms with Gasteiger partial charge in [0, 0.05) is 18.5 Å². The monoisotopic (exact) mass is 615 g/mol. The van der Waals surface area contributed by atoms with Crippen LogP contribution in [0.2, 0.25) is 0 Å². The van der Waals surface area contributed by atoms with Crippen LogP contribution < -0.4 is 9.62 Å². The Labute approximate surface area is 259 Å². The molecular weight excluding hydrogens is 577 g/mol. The van der Waals surface area contributed by atoms with Crippen LogP contribution in [0, 0.1) is 12.7 Å². The number of carbonyl (C=O) groups excluding carboxylic acids is 2. The highest BCUT2D eigenvalue weighted by molar-refractivity contribution is 7.92. The summed E-state index contributed by atoms with van der Waals surface area (Å²) in [6.45, 7) is 6.96. The highest BCUT2D eigenvalue weighted by Gasteiger charge is 2.35. The van der Waals surface area contributed by atoms with Crippen molar-refractivity contribution in [3.05, 3.63) is 132 Å². The third kappa shape index (κ3) is 8.54. The minimum Gasteiger partial charge on any atom is -0.350 e. The number of nitrogens with zero attached hydrogens (tertiary/aromatic N) is 2. The highest BCUT2D eigenvalue weighted by Crippen LogP contribution is 2.26. The molecule has 1 atom stereocenters. The summed E-state index contributed by atoms with van der Waals surface area (Å²) in [5.74, 6) is -1.50. The van der Waals surface area contributed by atoms with Crippen molar-refractivity contribution in [2.45, 2.75) is 57.1 Å². The van der Waals surface area contributed by atoms with Crippen molar-refractivity contribution in [1.29, 1.82) is 0 Å². The van der Waals surface area contributed by atoms with Gasteiger partial charge in [0.1, 0.15) is 18.4 Å². The van der Waals surface area contributed by atoms with E-state index >= 15 is 0 Å². The van der Waals surface area contributed by atoms with Crippen LogP contribution >= 0.6 is 0 Å². The lowest BCUT2D eigenvalue weighted by molar-refractivity contribution is -0.140. The van der Waals surface area contributed by atoms with Crippen molar-refractivity contribution >= 4 is 27.5 Å². The van der Waals surface area contributed by atoms with E-state index in [0.29, 0.717) is 0 Å². The van der Waals surface area contributed by atoms with Gasteiger partial charge in [0.2, 0.25) is 11.8 Å². The number of benzene rings is 4. The second-order valence-electron chi connectivity index (χ2n) is 11.8. The zero-order valence-electron chi connectivity index (χ0n) is 25.4. The second-order valence-corrected chi connectivity index (χ2v) is 13.6. The molecule has 4 aromatic carbocycles. The molecule has 0 saturated heterocycles. The molecule has 0 saturated carbocycles. The van der Waals surface area contributed by atoms with Gasteiger partial charge < -0.3 is 10.2 Å². The Morgan fingerprint density at radius 1 is 0.795 bits per heavy atom. The summed E-state index contributed by atoms with van der Waals surface area (Å²) in [5.41, 5.74) is 2.23. The topological polar surface area (TPSA) is 86.8 Å². The molecule has 0 heterocycles. The Kier molecular flexibility index (Phi) is 10.2. The summed E-state index contributed by atoms with van der Waals surface area (Å²) in [5, 5.41) is 3.01. The van der Waals surface area contributed by atoms with Crippen molar-refractivity contribution in [1.82, 2.24) is 10.2 Å². The second kappa shape index (κ2) is 13.9. The SMILES string of the molecule is Cc1ccc(N(CC(=O)N(Cc2ccccc2)C(Cc2ccccc2)C(=O)NC(C)(C)C)S(=O)(=O)c2ccc(F)cc2)cc1. The van der Waals surface area contributed by atoms with Gasteiger partial charge in [0.25, 0.3) is 10.0 Å². The molecule has 230 valence electrons. The van der Waals surface area contributed by atoms with Crippen molar-refractivity contribution in [2.24, 2.45) is 0 Å². The summed E-state index contributed by atoms with van der Waals surface area (Å²) < 4.78 is 42.7. The van der Waals surface area contributed by atoms with E-state index in [-0.39, 0.29) is 29.5 Å². The van der Waals surface area contributed by atoms with Gasteiger partial charge >= 0.3 is 0 Å². The predicted octanol–water partition coefficient (Wildman–Crippen LogP) is 5.88. The average molecular weight is 616 g/mol. The van der Waals surface area contributed by atoms with Gasteiger partial charge in [0.05, 0.1) is 10.6 Å². The third-order valence-corrected chi connectivity index (χ3v) is 8.76. The number of rotatable bonds is 11. The normalized spacial score (nSPS) is 12.3. The van der Waals surface area contributed by atoms with E-state index in [1.54, 1.807) is 24.3 Å². The fourth-order valence-electron chi connectivity index (χ4n) is 4.76.